The number of nitrogens with zero attached hydrogens (tertiary/aromatic N) is 2. The number of hydrogen-bond donors (Lipinski definition) is 0. The Balaban J connectivity index is 1.97. The fraction of sp³-hybridized carbons (Fsp3) is 0.286. The van der Waals surface area contributed by atoms with Crippen molar-refractivity contribution in [3.63, 3.8) is 0 Å². The van der Waals surface area contributed by atoms with Crippen LogP contribution in [0.15, 0.2) is 36.7 Å². The van der Waals surface area contributed by atoms with Crippen LogP contribution in [0.2, 0.25) is 0 Å². The summed E-state index contributed by atoms with van der Waals surface area (Å²) in [4.78, 5) is 15.3. The normalized spacial score (nSPS) is 10.7. The van der Waals surface area contributed by atoms with E-state index < -0.39 is 12.5 Å². The molecule has 5 nitrogen and oxygen atoms in total. The third kappa shape index (κ3) is 3.77. The molecule has 21 heavy (non-hydrogen) atoms. The summed E-state index contributed by atoms with van der Waals surface area (Å²) in [7, 11) is 0. The topological polar surface area (TPSA) is 53.4 Å². The van der Waals surface area contributed by atoms with Gasteiger partial charge >= 0.3 is 12.5 Å². The molecule has 0 aliphatic rings. The lowest BCUT2D eigenvalue weighted by Gasteiger charge is -2.09. The molecule has 0 unspecified atom stereocenters. The van der Waals surface area contributed by atoms with Crippen LogP contribution in [-0.4, -0.2) is 22.1 Å². The fourth-order valence-corrected chi connectivity index (χ4v) is 1.68. The number of carbonyl (C=O) groups excluding carboxylic acids is 1. The van der Waals surface area contributed by atoms with Gasteiger partial charge < -0.3 is 9.47 Å². The number of benzene rings is 1. The summed E-state index contributed by atoms with van der Waals surface area (Å²) < 4.78 is 36.2. The molecular weight excluding hydrogens is 282 g/mol. The molecule has 0 bridgehead atoms. The molecule has 0 fully saturated rings. The van der Waals surface area contributed by atoms with E-state index in [1.54, 1.807) is 31.2 Å². The average Bonchev–Trinajstić information content (AvgIpc) is 2.94. The van der Waals surface area contributed by atoms with E-state index in [-0.39, 0.29) is 12.4 Å². The maximum Gasteiger partial charge on any atom is 0.338 e. The molecule has 0 N–H and O–H groups in total. The van der Waals surface area contributed by atoms with Crippen molar-refractivity contribution in [1.29, 1.82) is 0 Å². The first kappa shape index (κ1) is 15.0. The zero-order chi connectivity index (χ0) is 15.2. The van der Waals surface area contributed by atoms with Gasteiger partial charge in [0.15, 0.2) is 5.82 Å². The summed E-state index contributed by atoms with van der Waals surface area (Å²) in [6.45, 7) is -0.721. The van der Waals surface area contributed by atoms with Gasteiger partial charge in [0.05, 0.1) is 12.2 Å². The minimum atomic E-state index is -2.66. The van der Waals surface area contributed by atoms with Crippen LogP contribution in [-0.2, 0) is 11.3 Å². The van der Waals surface area contributed by atoms with Gasteiger partial charge in [-0.2, -0.15) is 8.78 Å². The zero-order valence-electron chi connectivity index (χ0n) is 11.3. The molecule has 0 amide bonds. The van der Waals surface area contributed by atoms with Crippen LogP contribution in [0.3, 0.4) is 0 Å². The van der Waals surface area contributed by atoms with Crippen molar-refractivity contribution in [3.05, 3.63) is 48.0 Å². The van der Waals surface area contributed by atoms with E-state index in [1.807, 2.05) is 0 Å². The molecule has 0 aliphatic carbocycles. The van der Waals surface area contributed by atoms with Crippen LogP contribution in [0.25, 0.3) is 0 Å². The maximum atomic E-state index is 12.6. The molecule has 1 aromatic heterocycles. The summed E-state index contributed by atoms with van der Waals surface area (Å²) in [6.07, 6.45) is 2.47. The second kappa shape index (κ2) is 6.83. The zero-order valence-corrected chi connectivity index (χ0v) is 11.3. The Morgan fingerprint density at radius 1 is 1.33 bits per heavy atom. The number of halogens is 2. The molecule has 0 radical (unpaired) electrons. The molecule has 2 aromatic rings. The third-order valence-corrected chi connectivity index (χ3v) is 2.69. The minimum absolute atomic E-state index is 0.0872. The Labute approximate surface area is 120 Å². The van der Waals surface area contributed by atoms with Gasteiger partial charge in [0, 0.05) is 12.4 Å². The summed E-state index contributed by atoms with van der Waals surface area (Å²) in [5.74, 6) is 0.156. The molecule has 112 valence electrons. The smallest absolute Gasteiger partial charge is 0.338 e. The summed E-state index contributed by atoms with van der Waals surface area (Å²) >= 11 is 0. The quantitative estimate of drug-likeness (QED) is 0.769. The summed E-state index contributed by atoms with van der Waals surface area (Å²) in [5.41, 5.74) is 0.401. The van der Waals surface area contributed by atoms with Gasteiger partial charge in [-0.3, -0.25) is 4.57 Å². The molecule has 0 saturated carbocycles. The van der Waals surface area contributed by atoms with Crippen LogP contribution in [0.1, 0.15) is 29.7 Å². The maximum absolute atomic E-state index is 12.6. The first-order valence-corrected chi connectivity index (χ1v) is 6.31. The predicted molar refractivity (Wildman–Crippen MR) is 70.2 cm³/mol. The Morgan fingerprint density at radius 3 is 2.67 bits per heavy atom. The van der Waals surface area contributed by atoms with Gasteiger partial charge in [-0.05, 0) is 31.2 Å². The number of aromatic nitrogens is 2. The van der Waals surface area contributed by atoms with Crippen molar-refractivity contribution in [2.45, 2.75) is 20.1 Å². The highest BCUT2D eigenvalue weighted by atomic mass is 19.3. The van der Waals surface area contributed by atoms with E-state index in [0.29, 0.717) is 17.9 Å². The SMILES string of the molecule is CCOC(=O)c1ccc(OCc2nccn2C(F)F)cc1. The standard InChI is InChI=1S/C14H14F2N2O3/c1-2-20-13(19)10-3-5-11(6-4-10)21-9-12-17-7-8-18(12)14(15)16/h3-8,14H,2,9H2,1H3. The van der Waals surface area contributed by atoms with Crippen molar-refractivity contribution in [3.8, 4) is 5.75 Å². The van der Waals surface area contributed by atoms with E-state index in [1.165, 1.54) is 12.4 Å². The minimum Gasteiger partial charge on any atom is -0.486 e. The van der Waals surface area contributed by atoms with Gasteiger partial charge in [0.2, 0.25) is 0 Å². The highest BCUT2D eigenvalue weighted by molar-refractivity contribution is 5.89. The molecular formula is C14H14F2N2O3. The largest absolute Gasteiger partial charge is 0.486 e. The molecule has 0 spiro atoms. The molecule has 2 rings (SSSR count). The van der Waals surface area contributed by atoms with Gasteiger partial charge in [-0.25, -0.2) is 9.78 Å². The lowest BCUT2D eigenvalue weighted by Crippen LogP contribution is -2.07. The van der Waals surface area contributed by atoms with Crippen molar-refractivity contribution in [1.82, 2.24) is 9.55 Å². The van der Waals surface area contributed by atoms with E-state index >= 15 is 0 Å². The number of hydrogen-bond acceptors (Lipinski definition) is 4. The van der Waals surface area contributed by atoms with Crippen molar-refractivity contribution < 1.29 is 23.0 Å². The van der Waals surface area contributed by atoms with Gasteiger partial charge in [-0.15, -0.1) is 0 Å². The number of ether oxygens (including phenoxy) is 2. The Morgan fingerprint density at radius 2 is 2.05 bits per heavy atom. The first-order valence-electron chi connectivity index (χ1n) is 6.31. The van der Waals surface area contributed by atoms with Crippen molar-refractivity contribution in [2.75, 3.05) is 6.61 Å². The van der Waals surface area contributed by atoms with Crippen LogP contribution in [0.4, 0.5) is 8.78 Å². The Bertz CT molecular complexity index is 597. The highest BCUT2D eigenvalue weighted by Crippen LogP contribution is 2.17. The second-order valence-corrected chi connectivity index (χ2v) is 4.06. The van der Waals surface area contributed by atoms with Gasteiger partial charge in [0.1, 0.15) is 12.4 Å². The number of rotatable bonds is 6. The van der Waals surface area contributed by atoms with E-state index in [2.05, 4.69) is 4.98 Å². The molecule has 1 aromatic carbocycles. The average molecular weight is 296 g/mol. The molecule has 7 heteroatoms. The van der Waals surface area contributed by atoms with E-state index in [9.17, 15) is 13.6 Å². The molecule has 0 atom stereocenters. The Hall–Kier alpha value is -2.44. The van der Waals surface area contributed by atoms with Crippen LogP contribution < -0.4 is 4.74 Å². The third-order valence-electron chi connectivity index (χ3n) is 2.69. The van der Waals surface area contributed by atoms with Crippen molar-refractivity contribution in [2.24, 2.45) is 0 Å². The fourth-order valence-electron chi connectivity index (χ4n) is 1.68. The summed E-state index contributed by atoms with van der Waals surface area (Å²) in [6, 6.07) is 6.24. The van der Waals surface area contributed by atoms with Crippen LogP contribution >= 0.6 is 0 Å². The molecule has 0 saturated heterocycles. The highest BCUT2D eigenvalue weighted by Gasteiger charge is 2.12. The van der Waals surface area contributed by atoms with Crippen LogP contribution in [0.5, 0.6) is 5.75 Å². The predicted octanol–water partition coefficient (Wildman–Crippen LogP) is 3.03. The van der Waals surface area contributed by atoms with E-state index in [4.69, 9.17) is 9.47 Å². The van der Waals surface area contributed by atoms with Gasteiger partial charge in [-0.1, -0.05) is 0 Å². The first-order chi connectivity index (χ1) is 10.1. The lowest BCUT2D eigenvalue weighted by molar-refractivity contribution is 0.0525. The van der Waals surface area contributed by atoms with Gasteiger partial charge in [0.25, 0.3) is 0 Å². The lowest BCUT2D eigenvalue weighted by atomic mass is 10.2. The number of carbonyl (C=O) groups is 1. The van der Waals surface area contributed by atoms with Crippen LogP contribution in [0, 0.1) is 0 Å². The van der Waals surface area contributed by atoms with Crippen molar-refractivity contribution >= 4 is 5.97 Å². The summed E-state index contributed by atoms with van der Waals surface area (Å²) in [5, 5.41) is 0. The monoisotopic (exact) mass is 296 g/mol. The second-order valence-electron chi connectivity index (χ2n) is 4.06. The number of alkyl halides is 2. The Kier molecular flexibility index (Phi) is 4.86. The number of esters is 1. The number of imidazole rings is 1. The molecule has 1 heterocycles. The van der Waals surface area contributed by atoms with E-state index in [0.717, 1.165) is 4.57 Å². The molecule has 0 aliphatic heterocycles.